The number of ether oxygens (including phenoxy) is 1. The highest BCUT2D eigenvalue weighted by Gasteiger charge is 2.36. The molecule has 1 aliphatic heterocycles. The van der Waals surface area contributed by atoms with E-state index in [1.165, 1.54) is 37.6 Å². The molecule has 0 bridgehead atoms. The smallest absolute Gasteiger partial charge is 0.255 e. The Balaban J connectivity index is 1.83. The van der Waals surface area contributed by atoms with Gasteiger partial charge in [-0.3, -0.25) is 9.59 Å². The standard InChI is InChI=1S/C16H15N3O5S/c1-24-14-6-5-12(10-17-14)18-16(21)11-3-2-4-13(9-11)19-15(20)7-8-25(19,22)23/h2-6,9-10H,7-8H2,1H3,(H,18,21). The van der Waals surface area contributed by atoms with Gasteiger partial charge in [-0.25, -0.2) is 17.7 Å². The van der Waals surface area contributed by atoms with Gasteiger partial charge in [0.1, 0.15) is 0 Å². The predicted molar refractivity (Wildman–Crippen MR) is 91.1 cm³/mol. The van der Waals surface area contributed by atoms with Crippen molar-refractivity contribution in [1.29, 1.82) is 0 Å². The number of nitrogens with zero attached hydrogens (tertiary/aromatic N) is 2. The molecule has 1 aromatic carbocycles. The van der Waals surface area contributed by atoms with Gasteiger partial charge in [0.25, 0.3) is 5.91 Å². The molecule has 0 atom stereocenters. The van der Waals surface area contributed by atoms with Crippen molar-refractivity contribution in [1.82, 2.24) is 4.98 Å². The second-order valence-corrected chi connectivity index (χ2v) is 7.26. The van der Waals surface area contributed by atoms with E-state index in [9.17, 15) is 18.0 Å². The van der Waals surface area contributed by atoms with Gasteiger partial charge >= 0.3 is 0 Å². The fourth-order valence-electron chi connectivity index (χ4n) is 2.42. The highest BCUT2D eigenvalue weighted by atomic mass is 32.2. The van der Waals surface area contributed by atoms with Gasteiger partial charge in [0.05, 0.1) is 30.4 Å². The Bertz CT molecular complexity index is 925. The van der Waals surface area contributed by atoms with Gasteiger partial charge < -0.3 is 10.1 Å². The topological polar surface area (TPSA) is 106 Å². The largest absolute Gasteiger partial charge is 0.481 e. The summed E-state index contributed by atoms with van der Waals surface area (Å²) in [6.07, 6.45) is 1.38. The third kappa shape index (κ3) is 3.45. The molecule has 1 fully saturated rings. The number of rotatable bonds is 4. The summed E-state index contributed by atoms with van der Waals surface area (Å²) in [6, 6.07) is 9.13. The molecule has 0 aliphatic carbocycles. The van der Waals surface area contributed by atoms with Gasteiger partial charge in [-0.1, -0.05) is 6.07 Å². The molecule has 2 amide bonds. The number of pyridine rings is 1. The first kappa shape index (κ1) is 16.9. The molecular weight excluding hydrogens is 346 g/mol. The number of methoxy groups -OCH3 is 1. The molecule has 1 aromatic heterocycles. The van der Waals surface area contributed by atoms with Crippen LogP contribution in [-0.2, 0) is 14.8 Å². The van der Waals surface area contributed by atoms with E-state index >= 15 is 0 Å². The zero-order valence-corrected chi connectivity index (χ0v) is 14.1. The van der Waals surface area contributed by atoms with Crippen LogP contribution in [0.25, 0.3) is 0 Å². The van der Waals surface area contributed by atoms with Crippen molar-refractivity contribution < 1.29 is 22.7 Å². The van der Waals surface area contributed by atoms with E-state index in [4.69, 9.17) is 4.74 Å². The second kappa shape index (κ2) is 6.52. The van der Waals surface area contributed by atoms with Crippen LogP contribution in [0.3, 0.4) is 0 Å². The summed E-state index contributed by atoms with van der Waals surface area (Å²) in [7, 11) is -2.18. The van der Waals surface area contributed by atoms with Crippen LogP contribution in [-0.4, -0.2) is 38.1 Å². The van der Waals surface area contributed by atoms with Crippen molar-refractivity contribution in [3.05, 3.63) is 48.2 Å². The molecule has 1 N–H and O–H groups in total. The third-order valence-corrected chi connectivity index (χ3v) is 5.32. The molecule has 1 saturated heterocycles. The van der Waals surface area contributed by atoms with E-state index in [2.05, 4.69) is 10.3 Å². The molecule has 0 saturated carbocycles. The molecule has 0 unspecified atom stereocenters. The van der Waals surface area contributed by atoms with Crippen molar-refractivity contribution in [2.45, 2.75) is 6.42 Å². The van der Waals surface area contributed by atoms with Gasteiger partial charge in [-0.2, -0.15) is 0 Å². The van der Waals surface area contributed by atoms with Crippen LogP contribution >= 0.6 is 0 Å². The number of anilines is 2. The fourth-order valence-corrected chi connectivity index (χ4v) is 3.87. The van der Waals surface area contributed by atoms with Crippen LogP contribution in [0.15, 0.2) is 42.6 Å². The number of amides is 2. The summed E-state index contributed by atoms with van der Waals surface area (Å²) in [5.74, 6) is -0.757. The Morgan fingerprint density at radius 1 is 1.28 bits per heavy atom. The summed E-state index contributed by atoms with van der Waals surface area (Å²) >= 11 is 0. The summed E-state index contributed by atoms with van der Waals surface area (Å²) in [5.41, 5.74) is 0.840. The van der Waals surface area contributed by atoms with Crippen molar-refractivity contribution in [3.63, 3.8) is 0 Å². The number of benzene rings is 1. The maximum absolute atomic E-state index is 12.4. The Morgan fingerprint density at radius 3 is 2.68 bits per heavy atom. The number of hydrogen-bond donors (Lipinski definition) is 1. The number of aromatic nitrogens is 1. The molecule has 0 spiro atoms. The van der Waals surface area contributed by atoms with Gasteiger partial charge in [-0.15, -0.1) is 0 Å². The summed E-state index contributed by atoms with van der Waals surface area (Å²) in [6.45, 7) is 0. The fraction of sp³-hybridized carbons (Fsp3) is 0.188. The van der Waals surface area contributed by atoms with Gasteiger partial charge in [0.2, 0.25) is 21.8 Å². The molecule has 9 heteroatoms. The lowest BCUT2D eigenvalue weighted by Crippen LogP contribution is -2.29. The molecule has 25 heavy (non-hydrogen) atoms. The van der Waals surface area contributed by atoms with Crippen molar-refractivity contribution >= 4 is 33.2 Å². The van der Waals surface area contributed by atoms with E-state index in [0.29, 0.717) is 11.6 Å². The number of hydrogen-bond acceptors (Lipinski definition) is 6. The average Bonchev–Trinajstić information content (AvgIpc) is 2.88. The highest BCUT2D eigenvalue weighted by molar-refractivity contribution is 7.94. The van der Waals surface area contributed by atoms with E-state index in [1.54, 1.807) is 12.1 Å². The molecule has 1 aliphatic rings. The molecule has 3 rings (SSSR count). The molecule has 8 nitrogen and oxygen atoms in total. The Morgan fingerprint density at radius 2 is 2.08 bits per heavy atom. The first-order valence-electron chi connectivity index (χ1n) is 7.38. The van der Waals surface area contributed by atoms with E-state index in [-0.39, 0.29) is 23.4 Å². The first-order valence-corrected chi connectivity index (χ1v) is 8.99. The van der Waals surface area contributed by atoms with Gasteiger partial charge in [0.15, 0.2) is 0 Å². The number of nitrogens with one attached hydrogen (secondary N) is 1. The summed E-state index contributed by atoms with van der Waals surface area (Å²) in [5, 5.41) is 2.65. The minimum atomic E-state index is -3.67. The molecule has 2 heterocycles. The van der Waals surface area contributed by atoms with Crippen molar-refractivity contribution in [3.8, 4) is 5.88 Å². The highest BCUT2D eigenvalue weighted by Crippen LogP contribution is 2.26. The minimum Gasteiger partial charge on any atom is -0.481 e. The molecular formula is C16H15N3O5S. The van der Waals surface area contributed by atoms with Crippen LogP contribution in [0.4, 0.5) is 11.4 Å². The number of carbonyl (C=O) groups is 2. The maximum atomic E-state index is 12.4. The lowest BCUT2D eigenvalue weighted by Gasteiger charge is -2.15. The number of sulfonamides is 1. The van der Waals surface area contributed by atoms with Crippen molar-refractivity contribution in [2.24, 2.45) is 0 Å². The second-order valence-electron chi connectivity index (χ2n) is 5.32. The lowest BCUT2D eigenvalue weighted by molar-refractivity contribution is -0.116. The molecule has 130 valence electrons. The SMILES string of the molecule is COc1ccc(NC(=O)c2cccc(N3C(=O)CCS3(=O)=O)c2)cn1. The summed E-state index contributed by atoms with van der Waals surface area (Å²) in [4.78, 5) is 28.2. The zero-order valence-electron chi connectivity index (χ0n) is 13.3. The van der Waals surface area contributed by atoms with Crippen LogP contribution in [0.2, 0.25) is 0 Å². The normalized spacial score (nSPS) is 15.9. The molecule has 2 aromatic rings. The monoisotopic (exact) mass is 361 g/mol. The Hall–Kier alpha value is -2.94. The summed E-state index contributed by atoms with van der Waals surface area (Å²) < 4.78 is 29.7. The zero-order chi connectivity index (χ0) is 18.0. The lowest BCUT2D eigenvalue weighted by atomic mass is 10.2. The Labute approximate surface area is 144 Å². The predicted octanol–water partition coefficient (Wildman–Crippen LogP) is 1.41. The van der Waals surface area contributed by atoms with Crippen LogP contribution in [0.1, 0.15) is 16.8 Å². The van der Waals surface area contributed by atoms with Crippen LogP contribution < -0.4 is 14.4 Å². The van der Waals surface area contributed by atoms with Crippen LogP contribution in [0.5, 0.6) is 5.88 Å². The van der Waals surface area contributed by atoms with Gasteiger partial charge in [0, 0.05) is 18.1 Å². The third-order valence-electron chi connectivity index (χ3n) is 3.62. The number of carbonyl (C=O) groups excluding carboxylic acids is 2. The molecule has 0 radical (unpaired) electrons. The quantitative estimate of drug-likeness (QED) is 0.883. The van der Waals surface area contributed by atoms with E-state index < -0.39 is 21.8 Å². The van der Waals surface area contributed by atoms with Crippen molar-refractivity contribution in [2.75, 3.05) is 22.5 Å². The maximum Gasteiger partial charge on any atom is 0.255 e. The van der Waals surface area contributed by atoms with Crippen LogP contribution in [0, 0.1) is 0 Å². The minimum absolute atomic E-state index is 0.0593. The van der Waals surface area contributed by atoms with E-state index in [1.807, 2.05) is 0 Å². The average molecular weight is 361 g/mol. The Kier molecular flexibility index (Phi) is 4.41. The van der Waals surface area contributed by atoms with Gasteiger partial charge in [-0.05, 0) is 24.3 Å². The van der Waals surface area contributed by atoms with E-state index in [0.717, 1.165) is 4.31 Å². The first-order chi connectivity index (χ1) is 11.9.